The number of hydrogen-bond donors (Lipinski definition) is 2. The summed E-state index contributed by atoms with van der Waals surface area (Å²) in [4.78, 5) is 2.09. The van der Waals surface area contributed by atoms with Gasteiger partial charge in [0, 0.05) is 36.1 Å². The zero-order chi connectivity index (χ0) is 14.7. The third-order valence-corrected chi connectivity index (χ3v) is 3.86. The molecule has 0 fully saturated rings. The van der Waals surface area contributed by atoms with E-state index in [1.165, 1.54) is 5.56 Å². The topological polar surface area (TPSA) is 43.7 Å². The van der Waals surface area contributed by atoms with Crippen molar-refractivity contribution in [3.05, 3.63) is 29.8 Å². The van der Waals surface area contributed by atoms with Gasteiger partial charge in [-0.15, -0.1) is 0 Å². The van der Waals surface area contributed by atoms with Crippen LogP contribution in [0.15, 0.2) is 24.3 Å². The minimum Gasteiger partial charge on any atom is -0.504 e. The Kier molecular flexibility index (Phi) is 4.38. The predicted molar refractivity (Wildman–Crippen MR) is 84.8 cm³/mol. The van der Waals surface area contributed by atoms with Gasteiger partial charge in [-0.25, -0.2) is 0 Å². The van der Waals surface area contributed by atoms with Crippen LogP contribution in [-0.2, 0) is 6.42 Å². The van der Waals surface area contributed by atoms with E-state index in [9.17, 15) is 10.2 Å². The molecular weight excluding hydrogens is 250 g/mol. The largest absolute Gasteiger partial charge is 0.504 e. The van der Waals surface area contributed by atoms with Crippen molar-refractivity contribution in [2.75, 3.05) is 18.5 Å². The van der Waals surface area contributed by atoms with Crippen LogP contribution >= 0.6 is 0 Å². The molecule has 20 heavy (non-hydrogen) atoms. The van der Waals surface area contributed by atoms with Crippen LogP contribution in [0.2, 0.25) is 0 Å². The Morgan fingerprint density at radius 1 is 1.15 bits per heavy atom. The fourth-order valence-electron chi connectivity index (χ4n) is 2.55. The minimum atomic E-state index is -0.0551. The highest BCUT2D eigenvalue weighted by molar-refractivity contribution is 6.02. The van der Waals surface area contributed by atoms with Crippen molar-refractivity contribution in [2.45, 2.75) is 33.1 Å². The summed E-state index contributed by atoms with van der Waals surface area (Å²) >= 11 is 0. The maximum Gasteiger partial charge on any atom is 0.165 e. The number of phenols is 2. The monoisotopic (exact) mass is 273 g/mol. The van der Waals surface area contributed by atoms with Crippen LogP contribution in [0.25, 0.3) is 10.8 Å². The molecule has 2 rings (SSSR count). The molecule has 0 saturated heterocycles. The molecule has 0 radical (unpaired) electrons. The van der Waals surface area contributed by atoms with Crippen LogP contribution in [0.5, 0.6) is 11.5 Å². The quantitative estimate of drug-likeness (QED) is 0.808. The summed E-state index contributed by atoms with van der Waals surface area (Å²) < 4.78 is 0. The van der Waals surface area contributed by atoms with Crippen LogP contribution in [-0.4, -0.2) is 23.8 Å². The average molecular weight is 273 g/mol. The molecule has 0 heterocycles. The van der Waals surface area contributed by atoms with E-state index in [4.69, 9.17) is 0 Å². The predicted octanol–water partition coefficient (Wildman–Crippen LogP) is 4.05. The molecular formula is C17H23NO2. The van der Waals surface area contributed by atoms with E-state index in [-0.39, 0.29) is 11.5 Å². The summed E-state index contributed by atoms with van der Waals surface area (Å²) in [6, 6.07) is 7.59. The molecule has 0 atom stereocenters. The van der Waals surface area contributed by atoms with Gasteiger partial charge in [0.2, 0.25) is 0 Å². The van der Waals surface area contributed by atoms with E-state index in [1.807, 2.05) is 19.2 Å². The number of anilines is 1. The maximum absolute atomic E-state index is 10.1. The van der Waals surface area contributed by atoms with Crippen LogP contribution in [0.4, 0.5) is 5.69 Å². The third kappa shape index (κ3) is 2.53. The van der Waals surface area contributed by atoms with Gasteiger partial charge in [0.15, 0.2) is 11.5 Å². The van der Waals surface area contributed by atoms with E-state index in [0.717, 1.165) is 42.3 Å². The number of phenolic OH excluding ortho intramolecular Hbond substituents is 2. The third-order valence-electron chi connectivity index (χ3n) is 3.86. The molecule has 0 saturated carbocycles. The zero-order valence-corrected chi connectivity index (χ0v) is 12.5. The van der Waals surface area contributed by atoms with Gasteiger partial charge in [0.25, 0.3) is 0 Å². The van der Waals surface area contributed by atoms with Crippen molar-refractivity contribution in [3.8, 4) is 11.5 Å². The molecule has 0 spiro atoms. The highest BCUT2D eigenvalue weighted by Crippen LogP contribution is 2.41. The SMILES string of the molecule is CCCCc1cccc2c(O)c(O)cc(N(C)CC)c12. The van der Waals surface area contributed by atoms with Gasteiger partial charge in [0.05, 0.1) is 0 Å². The number of hydrogen-bond acceptors (Lipinski definition) is 3. The van der Waals surface area contributed by atoms with Crippen LogP contribution in [0, 0.1) is 0 Å². The zero-order valence-electron chi connectivity index (χ0n) is 12.5. The van der Waals surface area contributed by atoms with Gasteiger partial charge in [0.1, 0.15) is 0 Å². The number of aryl methyl sites for hydroxylation is 1. The molecule has 2 aromatic carbocycles. The lowest BCUT2D eigenvalue weighted by Gasteiger charge is -2.22. The molecule has 0 bridgehead atoms. The fourth-order valence-corrected chi connectivity index (χ4v) is 2.55. The highest BCUT2D eigenvalue weighted by Gasteiger charge is 2.15. The molecule has 3 nitrogen and oxygen atoms in total. The summed E-state index contributed by atoms with van der Waals surface area (Å²) in [6.45, 7) is 5.10. The van der Waals surface area contributed by atoms with Gasteiger partial charge in [-0.05, 0) is 25.3 Å². The number of benzene rings is 2. The second-order valence-electron chi connectivity index (χ2n) is 5.22. The Morgan fingerprint density at radius 3 is 2.55 bits per heavy atom. The molecule has 2 aromatic rings. The van der Waals surface area contributed by atoms with Crippen molar-refractivity contribution in [2.24, 2.45) is 0 Å². The fraction of sp³-hybridized carbons (Fsp3) is 0.412. The first-order chi connectivity index (χ1) is 9.60. The first kappa shape index (κ1) is 14.5. The summed E-state index contributed by atoms with van der Waals surface area (Å²) in [7, 11) is 2.00. The van der Waals surface area contributed by atoms with Crippen LogP contribution in [0.1, 0.15) is 32.3 Å². The van der Waals surface area contributed by atoms with E-state index >= 15 is 0 Å². The summed E-state index contributed by atoms with van der Waals surface area (Å²) in [5, 5.41) is 21.8. The van der Waals surface area contributed by atoms with Crippen molar-refractivity contribution in [1.82, 2.24) is 0 Å². The van der Waals surface area contributed by atoms with Gasteiger partial charge < -0.3 is 15.1 Å². The van der Waals surface area contributed by atoms with Crippen molar-refractivity contribution in [1.29, 1.82) is 0 Å². The lowest BCUT2D eigenvalue weighted by molar-refractivity contribution is 0.408. The lowest BCUT2D eigenvalue weighted by atomic mass is 9.97. The first-order valence-electron chi connectivity index (χ1n) is 7.27. The average Bonchev–Trinajstić information content (AvgIpc) is 2.47. The summed E-state index contributed by atoms with van der Waals surface area (Å²) in [6.07, 6.45) is 3.25. The smallest absolute Gasteiger partial charge is 0.165 e. The second-order valence-corrected chi connectivity index (χ2v) is 5.22. The van der Waals surface area contributed by atoms with Gasteiger partial charge in [-0.3, -0.25) is 0 Å². The molecule has 0 unspecified atom stereocenters. The molecule has 0 aliphatic heterocycles. The summed E-state index contributed by atoms with van der Waals surface area (Å²) in [5.74, 6) is -0.0768. The van der Waals surface area contributed by atoms with Crippen LogP contribution < -0.4 is 4.90 Å². The Balaban J connectivity index is 2.72. The molecule has 2 N–H and O–H groups in total. The van der Waals surface area contributed by atoms with Crippen molar-refractivity contribution >= 4 is 16.5 Å². The normalized spacial score (nSPS) is 10.9. The Morgan fingerprint density at radius 2 is 1.90 bits per heavy atom. The van der Waals surface area contributed by atoms with Crippen molar-refractivity contribution in [3.63, 3.8) is 0 Å². The number of unbranched alkanes of at least 4 members (excludes halogenated alkanes) is 1. The van der Waals surface area contributed by atoms with E-state index in [2.05, 4.69) is 24.8 Å². The Labute approximate surface area is 120 Å². The molecule has 3 heteroatoms. The van der Waals surface area contributed by atoms with E-state index < -0.39 is 0 Å². The number of aromatic hydroxyl groups is 2. The minimum absolute atomic E-state index is 0.0217. The van der Waals surface area contributed by atoms with Gasteiger partial charge in [-0.2, -0.15) is 0 Å². The molecule has 0 aromatic heterocycles. The first-order valence-corrected chi connectivity index (χ1v) is 7.27. The second kappa shape index (κ2) is 6.04. The molecule has 108 valence electrons. The van der Waals surface area contributed by atoms with Gasteiger partial charge in [-0.1, -0.05) is 31.5 Å². The van der Waals surface area contributed by atoms with Crippen molar-refractivity contribution < 1.29 is 10.2 Å². The maximum atomic E-state index is 10.1. The lowest BCUT2D eigenvalue weighted by Crippen LogP contribution is -2.16. The molecule has 0 aliphatic rings. The number of rotatable bonds is 5. The van der Waals surface area contributed by atoms with E-state index in [0.29, 0.717) is 0 Å². The number of nitrogens with zero attached hydrogens (tertiary/aromatic N) is 1. The van der Waals surface area contributed by atoms with E-state index in [1.54, 1.807) is 6.07 Å². The highest BCUT2D eigenvalue weighted by atomic mass is 16.3. The molecule has 0 amide bonds. The Bertz CT molecular complexity index is 607. The van der Waals surface area contributed by atoms with Crippen LogP contribution in [0.3, 0.4) is 0 Å². The standard InChI is InChI=1S/C17H23NO2/c1-4-6-8-12-9-7-10-13-16(12)14(18(3)5-2)11-15(19)17(13)20/h7,9-11,19-20H,4-6,8H2,1-3H3. The Hall–Kier alpha value is -1.90. The summed E-state index contributed by atoms with van der Waals surface area (Å²) in [5.41, 5.74) is 2.21. The van der Waals surface area contributed by atoms with Gasteiger partial charge >= 0.3 is 0 Å². The molecule has 0 aliphatic carbocycles. The number of fused-ring (bicyclic) bond motifs is 1.